The average Bonchev–Trinajstić information content (AvgIpc) is 3.04. The molecule has 5 rings (SSSR count). The van der Waals surface area contributed by atoms with Gasteiger partial charge < -0.3 is 16.4 Å². The molecule has 46 heavy (non-hydrogen) atoms. The maximum atomic E-state index is 15.3. The Hall–Kier alpha value is -3.67. The van der Waals surface area contributed by atoms with Crippen molar-refractivity contribution in [2.75, 3.05) is 18.4 Å². The van der Waals surface area contributed by atoms with Crippen LogP contribution in [0, 0.1) is 11.6 Å². The van der Waals surface area contributed by atoms with Crippen molar-refractivity contribution in [2.45, 2.75) is 55.1 Å². The molecule has 7 nitrogen and oxygen atoms in total. The largest absolute Gasteiger partial charge is 0.324 e. The van der Waals surface area contributed by atoms with Gasteiger partial charge in [0.05, 0.1) is 10.9 Å². The van der Waals surface area contributed by atoms with E-state index in [1.54, 1.807) is 72.8 Å². The highest BCUT2D eigenvalue weighted by molar-refractivity contribution is 7.89. The maximum absolute atomic E-state index is 15.3. The Balaban J connectivity index is 1.36. The van der Waals surface area contributed by atoms with Crippen LogP contribution in [-0.4, -0.2) is 49.8 Å². The number of carbonyl (C=O) groups excluding carboxylic acids is 1. The third-order valence-corrected chi connectivity index (χ3v) is 10.8. The van der Waals surface area contributed by atoms with E-state index in [-0.39, 0.29) is 34.4 Å². The lowest BCUT2D eigenvalue weighted by Crippen LogP contribution is -2.58. The van der Waals surface area contributed by atoms with Crippen molar-refractivity contribution in [1.82, 2.24) is 9.62 Å². The lowest BCUT2D eigenvalue weighted by atomic mass is 9.85. The SMILES string of the molecule is CC1CNCC(CCc2c(F)cccc2NC(=O)C(N)C(Cc2ccc(F)cc2)c2ccc(Cl)cc2)N1S(=O)(=O)c1ccccc1. The Bertz CT molecular complexity index is 1740. The number of rotatable bonds is 11. The first-order valence-electron chi connectivity index (χ1n) is 15.2. The van der Waals surface area contributed by atoms with Crippen LogP contribution in [0.3, 0.4) is 0 Å². The van der Waals surface area contributed by atoms with E-state index < -0.39 is 39.7 Å². The van der Waals surface area contributed by atoms with Gasteiger partial charge in [-0.3, -0.25) is 4.79 Å². The van der Waals surface area contributed by atoms with Crippen LogP contribution in [0.4, 0.5) is 14.5 Å². The van der Waals surface area contributed by atoms with Gasteiger partial charge in [-0.15, -0.1) is 0 Å². The summed E-state index contributed by atoms with van der Waals surface area (Å²) in [4.78, 5) is 13.9. The molecule has 1 aliphatic rings. The van der Waals surface area contributed by atoms with Gasteiger partial charge in [0.25, 0.3) is 0 Å². The molecule has 4 atom stereocenters. The van der Waals surface area contributed by atoms with Crippen LogP contribution in [0.15, 0.2) is 102 Å². The number of nitrogens with one attached hydrogen (secondary N) is 2. The van der Waals surface area contributed by atoms with E-state index >= 15 is 4.39 Å². The van der Waals surface area contributed by atoms with Crippen molar-refractivity contribution in [3.05, 3.63) is 130 Å². The number of hydrogen-bond donors (Lipinski definition) is 3. The summed E-state index contributed by atoms with van der Waals surface area (Å²) in [6.45, 7) is 2.75. The molecule has 1 saturated heterocycles. The van der Waals surface area contributed by atoms with Gasteiger partial charge in [0, 0.05) is 47.4 Å². The number of sulfonamides is 1. The standard InChI is InChI=1S/C35H37ClF2N4O3S/c1-23-21-40-22-28(42(23)46(44,45)29-6-3-2-4-7-29)18-19-30-32(38)8-5-9-33(30)41-35(43)34(39)31(25-12-14-26(36)15-13-25)20-24-10-16-27(37)17-11-24/h2-17,23,28,31,34,40H,18-22,39H2,1H3,(H,41,43). The molecule has 1 heterocycles. The van der Waals surface area contributed by atoms with Gasteiger partial charge >= 0.3 is 0 Å². The summed E-state index contributed by atoms with van der Waals surface area (Å²) in [5.74, 6) is -1.89. The molecule has 1 fully saturated rings. The van der Waals surface area contributed by atoms with Crippen molar-refractivity contribution in [1.29, 1.82) is 0 Å². The number of hydrogen-bond acceptors (Lipinski definition) is 5. The lowest BCUT2D eigenvalue weighted by Gasteiger charge is -2.40. The summed E-state index contributed by atoms with van der Waals surface area (Å²) in [6.07, 6.45) is 0.843. The molecule has 0 aromatic heterocycles. The highest BCUT2D eigenvalue weighted by Gasteiger charge is 2.38. The zero-order valence-corrected chi connectivity index (χ0v) is 26.9. The highest BCUT2D eigenvalue weighted by Crippen LogP contribution is 2.30. The molecule has 242 valence electrons. The minimum Gasteiger partial charge on any atom is -0.324 e. The van der Waals surface area contributed by atoms with Gasteiger partial charge in [-0.1, -0.05) is 60.1 Å². The molecule has 4 aromatic carbocycles. The van der Waals surface area contributed by atoms with E-state index in [0.29, 0.717) is 31.0 Å². The molecule has 0 bridgehead atoms. The van der Waals surface area contributed by atoms with Crippen molar-refractivity contribution in [3.8, 4) is 0 Å². The lowest BCUT2D eigenvalue weighted by molar-refractivity contribution is -0.117. The Labute approximate surface area is 273 Å². The summed E-state index contributed by atoms with van der Waals surface area (Å²) in [5, 5.41) is 6.66. The normalized spacial score (nSPS) is 18.5. The Morgan fingerprint density at radius 1 is 0.978 bits per heavy atom. The van der Waals surface area contributed by atoms with E-state index in [9.17, 15) is 17.6 Å². The van der Waals surface area contributed by atoms with Crippen LogP contribution in [-0.2, 0) is 27.7 Å². The second kappa shape index (κ2) is 14.8. The molecule has 0 saturated carbocycles. The molecular weight excluding hydrogens is 630 g/mol. The third-order valence-electron chi connectivity index (χ3n) is 8.44. The maximum Gasteiger partial charge on any atom is 0.243 e. The molecule has 4 aromatic rings. The number of nitrogens with zero attached hydrogens (tertiary/aromatic N) is 1. The van der Waals surface area contributed by atoms with Gasteiger partial charge in [0.15, 0.2) is 0 Å². The predicted molar refractivity (Wildman–Crippen MR) is 177 cm³/mol. The first-order valence-corrected chi connectivity index (χ1v) is 17.0. The minimum atomic E-state index is -3.80. The number of anilines is 1. The van der Waals surface area contributed by atoms with E-state index in [1.807, 2.05) is 6.92 Å². The van der Waals surface area contributed by atoms with Crippen LogP contribution in [0.5, 0.6) is 0 Å². The molecule has 0 aliphatic carbocycles. The number of benzene rings is 4. The van der Waals surface area contributed by atoms with Gasteiger partial charge in [-0.25, -0.2) is 17.2 Å². The number of piperazine rings is 1. The van der Waals surface area contributed by atoms with Crippen LogP contribution in [0.2, 0.25) is 5.02 Å². The van der Waals surface area contributed by atoms with Crippen LogP contribution in [0.1, 0.15) is 36.0 Å². The van der Waals surface area contributed by atoms with Crippen molar-refractivity contribution in [3.63, 3.8) is 0 Å². The zero-order chi connectivity index (χ0) is 32.8. The summed E-state index contributed by atoms with van der Waals surface area (Å²) < 4.78 is 57.7. The zero-order valence-electron chi connectivity index (χ0n) is 25.4. The minimum absolute atomic E-state index is 0.174. The van der Waals surface area contributed by atoms with Crippen LogP contribution >= 0.6 is 11.6 Å². The summed E-state index contributed by atoms with van der Waals surface area (Å²) in [5.41, 5.74) is 8.68. The molecule has 0 radical (unpaired) electrons. The Morgan fingerprint density at radius 2 is 1.67 bits per heavy atom. The van der Waals surface area contributed by atoms with Crippen LogP contribution < -0.4 is 16.4 Å². The van der Waals surface area contributed by atoms with E-state index in [1.165, 1.54) is 28.6 Å². The number of amides is 1. The van der Waals surface area contributed by atoms with Crippen molar-refractivity contribution >= 4 is 33.2 Å². The van der Waals surface area contributed by atoms with Gasteiger partial charge in [-0.2, -0.15) is 4.31 Å². The quantitative estimate of drug-likeness (QED) is 0.185. The third kappa shape index (κ3) is 7.82. The van der Waals surface area contributed by atoms with E-state index in [4.69, 9.17) is 17.3 Å². The predicted octanol–water partition coefficient (Wildman–Crippen LogP) is 5.89. The molecule has 0 spiro atoms. The van der Waals surface area contributed by atoms with Crippen molar-refractivity contribution in [2.24, 2.45) is 5.73 Å². The van der Waals surface area contributed by atoms with Gasteiger partial charge in [-0.05, 0) is 85.8 Å². The Kier molecular flexibility index (Phi) is 10.9. The first kappa shape index (κ1) is 33.7. The number of halogens is 3. The van der Waals surface area contributed by atoms with Gasteiger partial charge in [0.1, 0.15) is 11.6 Å². The Morgan fingerprint density at radius 3 is 2.37 bits per heavy atom. The van der Waals surface area contributed by atoms with E-state index in [2.05, 4.69) is 10.6 Å². The fraction of sp³-hybridized carbons (Fsp3) is 0.286. The molecular formula is C35H37ClF2N4O3S. The second-order valence-electron chi connectivity index (χ2n) is 11.6. The molecule has 4 N–H and O–H groups in total. The molecule has 11 heteroatoms. The number of nitrogens with two attached hydrogens (primary N) is 1. The summed E-state index contributed by atoms with van der Waals surface area (Å²) >= 11 is 6.11. The molecule has 1 aliphatic heterocycles. The first-order chi connectivity index (χ1) is 22.0. The van der Waals surface area contributed by atoms with Crippen molar-refractivity contribution < 1.29 is 22.0 Å². The topological polar surface area (TPSA) is 105 Å². The summed E-state index contributed by atoms with van der Waals surface area (Å²) in [7, 11) is -3.80. The monoisotopic (exact) mass is 666 g/mol. The fourth-order valence-corrected chi connectivity index (χ4v) is 8.04. The smallest absolute Gasteiger partial charge is 0.243 e. The number of carbonyl (C=O) groups is 1. The molecule has 4 unspecified atom stereocenters. The van der Waals surface area contributed by atoms with Crippen LogP contribution in [0.25, 0.3) is 0 Å². The second-order valence-corrected chi connectivity index (χ2v) is 13.9. The van der Waals surface area contributed by atoms with E-state index in [0.717, 1.165) is 11.1 Å². The average molecular weight is 667 g/mol. The summed E-state index contributed by atoms with van der Waals surface area (Å²) in [6, 6.07) is 23.9. The molecule has 1 amide bonds. The van der Waals surface area contributed by atoms with Gasteiger partial charge in [0.2, 0.25) is 15.9 Å². The fourth-order valence-electron chi connectivity index (χ4n) is 6.05. The highest BCUT2D eigenvalue weighted by atomic mass is 35.5.